The Morgan fingerprint density at radius 1 is 0.917 bits per heavy atom. The van der Waals surface area contributed by atoms with Crippen molar-refractivity contribution < 1.29 is 4.43 Å². The van der Waals surface area contributed by atoms with Gasteiger partial charge in [-0.25, -0.2) is 0 Å². The van der Waals surface area contributed by atoms with Crippen molar-refractivity contribution >= 4 is 16.4 Å². The highest BCUT2D eigenvalue weighted by Gasteiger charge is 2.36. The van der Waals surface area contributed by atoms with Crippen LogP contribution in [0.2, 0.25) is 36.3 Å². The van der Waals surface area contributed by atoms with Crippen molar-refractivity contribution in [3.05, 3.63) is 12.2 Å². The van der Waals surface area contributed by atoms with Crippen LogP contribution in [0.5, 0.6) is 0 Å². The van der Waals surface area contributed by atoms with Gasteiger partial charge in [-0.3, -0.25) is 0 Å². The highest BCUT2D eigenvalue weighted by Crippen LogP contribution is 2.36. The second-order valence-corrected chi connectivity index (χ2v) is 18.2. The third-order valence-corrected chi connectivity index (χ3v) is 15.1. The van der Waals surface area contributed by atoms with E-state index in [2.05, 4.69) is 78.3 Å². The van der Waals surface area contributed by atoms with Crippen LogP contribution in [-0.2, 0) is 4.43 Å². The number of rotatable bonds is 10. The maximum Gasteiger partial charge on any atom is 0.191 e. The largest absolute Gasteiger partial charge is 0.417 e. The lowest BCUT2D eigenvalue weighted by atomic mass is 10.2. The van der Waals surface area contributed by atoms with Crippen LogP contribution < -0.4 is 0 Å². The molecule has 0 aromatic rings. The molecule has 0 aliphatic rings. The Morgan fingerprint density at radius 3 is 2.00 bits per heavy atom. The van der Waals surface area contributed by atoms with Crippen molar-refractivity contribution in [2.45, 2.75) is 103 Å². The van der Waals surface area contributed by atoms with E-state index in [4.69, 9.17) is 4.43 Å². The lowest BCUT2D eigenvalue weighted by molar-refractivity contribution is 0.278. The molecule has 0 rings (SSSR count). The van der Waals surface area contributed by atoms with E-state index in [0.29, 0.717) is 5.04 Å². The van der Waals surface area contributed by atoms with E-state index < -0.39 is 16.4 Å². The van der Waals surface area contributed by atoms with E-state index in [0.717, 1.165) is 13.0 Å². The molecule has 0 unspecified atom stereocenters. The number of hydrogen-bond donors (Lipinski definition) is 0. The summed E-state index contributed by atoms with van der Waals surface area (Å²) >= 11 is 0. The smallest absolute Gasteiger partial charge is 0.191 e. The summed E-state index contributed by atoms with van der Waals surface area (Å²) in [5, 5.41) is 0.322. The van der Waals surface area contributed by atoms with Crippen LogP contribution in [0.25, 0.3) is 0 Å². The molecular formula is C21H42OSi2. The summed E-state index contributed by atoms with van der Waals surface area (Å²) in [4.78, 5) is 0. The Hall–Kier alpha value is -0.306. The van der Waals surface area contributed by atoms with Gasteiger partial charge in [0.2, 0.25) is 0 Å². The lowest BCUT2D eigenvalue weighted by Gasteiger charge is -2.36. The van der Waals surface area contributed by atoms with Gasteiger partial charge in [0.15, 0.2) is 8.32 Å². The summed E-state index contributed by atoms with van der Waals surface area (Å²) in [6, 6.07) is 3.86. The summed E-state index contributed by atoms with van der Waals surface area (Å²) < 4.78 is 6.22. The zero-order valence-electron chi connectivity index (χ0n) is 17.7. The molecule has 140 valence electrons. The summed E-state index contributed by atoms with van der Waals surface area (Å²) in [6.07, 6.45) is 9.18. The molecule has 0 heterocycles. The van der Waals surface area contributed by atoms with Crippen molar-refractivity contribution in [2.75, 3.05) is 6.61 Å². The fraction of sp³-hybridized carbons (Fsp3) is 0.810. The van der Waals surface area contributed by atoms with Crippen molar-refractivity contribution in [2.24, 2.45) is 0 Å². The molecule has 0 aromatic heterocycles. The molecule has 0 spiro atoms. The summed E-state index contributed by atoms with van der Waals surface area (Å²) in [5.41, 5.74) is 3.61. The quantitative estimate of drug-likeness (QED) is 0.226. The maximum absolute atomic E-state index is 6.22. The molecule has 0 saturated heterocycles. The topological polar surface area (TPSA) is 9.23 Å². The normalized spacial score (nSPS) is 13.2. The second kappa shape index (κ2) is 11.3. The second-order valence-electron chi connectivity index (χ2n) is 8.47. The van der Waals surface area contributed by atoms with Crippen LogP contribution in [0.4, 0.5) is 0 Å². The van der Waals surface area contributed by atoms with Crippen molar-refractivity contribution in [1.29, 1.82) is 0 Å². The maximum atomic E-state index is 6.22. The van der Waals surface area contributed by atoms with Gasteiger partial charge in [-0.05, 0) is 61.6 Å². The molecule has 0 fully saturated rings. The number of hydrogen-bond acceptors (Lipinski definition) is 1. The van der Waals surface area contributed by atoms with Crippen LogP contribution in [-0.4, -0.2) is 23.0 Å². The molecule has 0 aliphatic heterocycles. The van der Waals surface area contributed by atoms with Crippen molar-refractivity contribution in [3.63, 3.8) is 0 Å². The minimum absolute atomic E-state index is 0.322. The minimum atomic E-state index is -1.55. The van der Waals surface area contributed by atoms with Gasteiger partial charge < -0.3 is 4.43 Å². The fourth-order valence-electron chi connectivity index (χ4n) is 2.44. The fourth-order valence-corrected chi connectivity index (χ4v) is 5.94. The van der Waals surface area contributed by atoms with Gasteiger partial charge in [0.25, 0.3) is 0 Å². The lowest BCUT2D eigenvalue weighted by Crippen LogP contribution is -2.40. The molecule has 0 N–H and O–H groups in total. The summed E-state index contributed by atoms with van der Waals surface area (Å²) in [5.74, 6) is 3.33. The first-order valence-corrected chi connectivity index (χ1v) is 15.5. The third kappa shape index (κ3) is 8.69. The first kappa shape index (κ1) is 23.7. The highest BCUT2D eigenvalue weighted by molar-refractivity contribution is 6.87. The van der Waals surface area contributed by atoms with Gasteiger partial charge in [0.05, 0.1) is 0 Å². The van der Waals surface area contributed by atoms with E-state index in [1.165, 1.54) is 37.4 Å². The molecule has 0 atom stereocenters. The standard InChI is InChI=1S/C21H42OSi2/c1-9-24(10-2,11-3)20-18-16-14-12-13-15-17-19-22-23(7,8)21(4,5)6/h14,16H,9-13,15,17,19H2,1-8H3/b16-14-. The SMILES string of the molecule is CC[Si](C#C/C=C\CCCCCO[Si](C)(C)C(C)(C)C)(CC)CC. The average Bonchev–Trinajstić information content (AvgIpc) is 2.52. The summed E-state index contributed by atoms with van der Waals surface area (Å²) in [7, 11) is -2.81. The molecule has 0 saturated carbocycles. The van der Waals surface area contributed by atoms with Crippen LogP contribution >= 0.6 is 0 Å². The van der Waals surface area contributed by atoms with Gasteiger partial charge in [-0.1, -0.05) is 60.0 Å². The van der Waals surface area contributed by atoms with Crippen molar-refractivity contribution in [3.8, 4) is 11.5 Å². The molecule has 0 aliphatic carbocycles. The average molecular weight is 367 g/mol. The number of allylic oxidation sites excluding steroid dienone is 2. The van der Waals surface area contributed by atoms with Gasteiger partial charge in [-0.2, -0.15) is 0 Å². The Labute approximate surface area is 154 Å². The highest BCUT2D eigenvalue weighted by atomic mass is 28.4. The molecule has 3 heteroatoms. The molecule has 0 amide bonds. The van der Waals surface area contributed by atoms with Crippen LogP contribution in [0.15, 0.2) is 12.2 Å². The minimum Gasteiger partial charge on any atom is -0.417 e. The van der Waals surface area contributed by atoms with Gasteiger partial charge in [0, 0.05) is 6.61 Å². The monoisotopic (exact) mass is 366 g/mol. The summed E-state index contributed by atoms with van der Waals surface area (Å²) in [6.45, 7) is 19.4. The molecule has 24 heavy (non-hydrogen) atoms. The van der Waals surface area contributed by atoms with E-state index in [1.54, 1.807) is 0 Å². The molecular weight excluding hydrogens is 324 g/mol. The van der Waals surface area contributed by atoms with Gasteiger partial charge in [0.1, 0.15) is 8.07 Å². The molecule has 0 radical (unpaired) electrons. The van der Waals surface area contributed by atoms with E-state index in [1.807, 2.05) is 0 Å². The molecule has 0 aromatic carbocycles. The third-order valence-electron chi connectivity index (χ3n) is 5.85. The number of unbranched alkanes of at least 4 members (excludes halogenated alkanes) is 3. The Kier molecular flexibility index (Phi) is 11.2. The van der Waals surface area contributed by atoms with E-state index in [9.17, 15) is 0 Å². The first-order chi connectivity index (χ1) is 11.1. The predicted octanol–water partition coefficient (Wildman–Crippen LogP) is 7.18. The van der Waals surface area contributed by atoms with Crippen molar-refractivity contribution in [1.82, 2.24) is 0 Å². The van der Waals surface area contributed by atoms with Crippen LogP contribution in [0.1, 0.15) is 67.2 Å². The Morgan fingerprint density at radius 2 is 1.50 bits per heavy atom. The molecule has 0 bridgehead atoms. The zero-order chi connectivity index (χ0) is 18.7. The van der Waals surface area contributed by atoms with Gasteiger partial charge >= 0.3 is 0 Å². The van der Waals surface area contributed by atoms with Gasteiger partial charge in [-0.15, -0.1) is 5.54 Å². The predicted molar refractivity (Wildman–Crippen MR) is 116 cm³/mol. The van der Waals surface area contributed by atoms with E-state index >= 15 is 0 Å². The Balaban J connectivity index is 3.93. The van der Waals surface area contributed by atoms with Crippen LogP contribution in [0, 0.1) is 11.5 Å². The Bertz CT molecular complexity index is 409. The molecule has 1 nitrogen and oxygen atoms in total. The van der Waals surface area contributed by atoms with Crippen LogP contribution in [0.3, 0.4) is 0 Å². The van der Waals surface area contributed by atoms with E-state index in [-0.39, 0.29) is 0 Å². The zero-order valence-corrected chi connectivity index (χ0v) is 19.7. The first-order valence-electron chi connectivity index (χ1n) is 9.96.